The van der Waals surface area contributed by atoms with E-state index in [1.54, 1.807) is 0 Å². The number of hydrogen-bond donors (Lipinski definition) is 0. The summed E-state index contributed by atoms with van der Waals surface area (Å²) in [6.45, 7) is 7.88. The molecule has 0 saturated carbocycles. The molecule has 3 rings (SSSR count). The Balaban J connectivity index is 1.63. The third kappa shape index (κ3) is 4.63. The Morgan fingerprint density at radius 3 is 2.64 bits per heavy atom. The van der Waals surface area contributed by atoms with Gasteiger partial charge in [0.15, 0.2) is 0 Å². The fourth-order valence-corrected chi connectivity index (χ4v) is 3.50. The number of piperidine rings is 1. The van der Waals surface area contributed by atoms with E-state index in [2.05, 4.69) is 10.2 Å². The van der Waals surface area contributed by atoms with E-state index in [1.165, 1.54) is 18.2 Å². The summed E-state index contributed by atoms with van der Waals surface area (Å²) in [5.74, 6) is 1.48. The van der Waals surface area contributed by atoms with Crippen molar-refractivity contribution >= 4 is 17.7 Å². The average Bonchev–Trinajstić information content (AvgIpc) is 3.10. The number of benzene rings is 1. The van der Waals surface area contributed by atoms with E-state index in [1.807, 2.05) is 49.9 Å². The van der Waals surface area contributed by atoms with Crippen LogP contribution in [0, 0.1) is 0 Å². The fourth-order valence-electron chi connectivity index (χ4n) is 2.79. The molecule has 0 N–H and O–H groups in total. The molecule has 2 heterocycles. The van der Waals surface area contributed by atoms with Crippen LogP contribution in [0.4, 0.5) is 0 Å². The molecule has 1 amide bonds. The van der Waals surface area contributed by atoms with Gasteiger partial charge in [0, 0.05) is 29.8 Å². The summed E-state index contributed by atoms with van der Waals surface area (Å²) in [5, 5.41) is 8.78. The lowest BCUT2D eigenvalue weighted by Crippen LogP contribution is -2.35. The standard InChI is InChI=1S/C19H25N3O2S/c1-19(2,3)17-20-21-18(24-17)25-13-14-8-7-9-15(12-14)16(23)22-10-5-4-6-11-22/h7-9,12H,4-6,10-11,13H2,1-3H3. The zero-order valence-corrected chi connectivity index (χ0v) is 15.9. The Morgan fingerprint density at radius 1 is 1.20 bits per heavy atom. The lowest BCUT2D eigenvalue weighted by Gasteiger charge is -2.26. The van der Waals surface area contributed by atoms with Crippen molar-refractivity contribution in [2.75, 3.05) is 13.1 Å². The first-order chi connectivity index (χ1) is 11.9. The number of thioether (sulfide) groups is 1. The Bertz CT molecular complexity index is 730. The molecule has 2 aromatic rings. The van der Waals surface area contributed by atoms with Crippen molar-refractivity contribution in [3.05, 3.63) is 41.3 Å². The van der Waals surface area contributed by atoms with E-state index >= 15 is 0 Å². The second-order valence-corrected chi connectivity index (χ2v) is 8.39. The molecule has 6 heteroatoms. The normalized spacial score (nSPS) is 15.4. The van der Waals surface area contributed by atoms with Crippen LogP contribution in [0.5, 0.6) is 0 Å². The maximum absolute atomic E-state index is 12.6. The SMILES string of the molecule is CC(C)(C)c1nnc(SCc2cccc(C(=O)N3CCCCC3)c2)o1. The van der Waals surface area contributed by atoms with Crippen molar-refractivity contribution < 1.29 is 9.21 Å². The van der Waals surface area contributed by atoms with Gasteiger partial charge in [-0.1, -0.05) is 44.7 Å². The third-order valence-electron chi connectivity index (χ3n) is 4.23. The highest BCUT2D eigenvalue weighted by molar-refractivity contribution is 7.98. The van der Waals surface area contributed by atoms with Crippen molar-refractivity contribution in [3.8, 4) is 0 Å². The first-order valence-electron chi connectivity index (χ1n) is 8.78. The molecule has 1 fully saturated rings. The van der Waals surface area contributed by atoms with Crippen molar-refractivity contribution in [2.24, 2.45) is 0 Å². The molecular formula is C19H25N3O2S. The lowest BCUT2D eigenvalue weighted by atomic mass is 9.97. The quantitative estimate of drug-likeness (QED) is 0.762. The Labute approximate surface area is 153 Å². The van der Waals surface area contributed by atoms with Gasteiger partial charge in [-0.3, -0.25) is 4.79 Å². The maximum Gasteiger partial charge on any atom is 0.276 e. The molecule has 1 aliphatic heterocycles. The molecule has 1 aromatic heterocycles. The van der Waals surface area contributed by atoms with Gasteiger partial charge in [-0.05, 0) is 37.0 Å². The molecule has 0 bridgehead atoms. The molecule has 0 atom stereocenters. The van der Waals surface area contributed by atoms with Crippen LogP contribution >= 0.6 is 11.8 Å². The first-order valence-corrected chi connectivity index (χ1v) is 9.77. The number of hydrogen-bond acceptors (Lipinski definition) is 5. The Hall–Kier alpha value is -1.82. The van der Waals surface area contributed by atoms with Crippen LogP contribution < -0.4 is 0 Å². The molecule has 25 heavy (non-hydrogen) atoms. The van der Waals surface area contributed by atoms with E-state index in [0.29, 0.717) is 16.9 Å². The highest BCUT2D eigenvalue weighted by Gasteiger charge is 2.22. The van der Waals surface area contributed by atoms with Crippen molar-refractivity contribution in [1.82, 2.24) is 15.1 Å². The molecule has 5 nitrogen and oxygen atoms in total. The average molecular weight is 359 g/mol. The molecule has 0 radical (unpaired) electrons. The number of carbonyl (C=O) groups is 1. The number of rotatable bonds is 4. The Morgan fingerprint density at radius 2 is 1.96 bits per heavy atom. The number of amides is 1. The smallest absolute Gasteiger partial charge is 0.276 e. The number of carbonyl (C=O) groups excluding carboxylic acids is 1. The summed E-state index contributed by atoms with van der Waals surface area (Å²) in [4.78, 5) is 14.6. The van der Waals surface area contributed by atoms with Gasteiger partial charge in [0.25, 0.3) is 11.1 Å². The summed E-state index contributed by atoms with van der Waals surface area (Å²) in [5.41, 5.74) is 1.70. The van der Waals surface area contributed by atoms with Gasteiger partial charge in [0.05, 0.1) is 0 Å². The van der Waals surface area contributed by atoms with Crippen LogP contribution in [0.2, 0.25) is 0 Å². The van der Waals surface area contributed by atoms with E-state index < -0.39 is 0 Å². The van der Waals surface area contributed by atoms with Crippen LogP contribution in [0.3, 0.4) is 0 Å². The van der Waals surface area contributed by atoms with E-state index in [4.69, 9.17) is 4.42 Å². The summed E-state index contributed by atoms with van der Waals surface area (Å²) < 4.78 is 5.71. The number of nitrogens with zero attached hydrogens (tertiary/aromatic N) is 3. The summed E-state index contributed by atoms with van der Waals surface area (Å²) in [6, 6.07) is 7.85. The number of likely N-dealkylation sites (tertiary alicyclic amines) is 1. The number of aromatic nitrogens is 2. The first kappa shape index (κ1) is 18.0. The molecule has 0 aliphatic carbocycles. The highest BCUT2D eigenvalue weighted by atomic mass is 32.2. The predicted molar refractivity (Wildman–Crippen MR) is 98.8 cm³/mol. The van der Waals surface area contributed by atoms with E-state index in [-0.39, 0.29) is 11.3 Å². The van der Waals surface area contributed by atoms with Crippen LogP contribution in [0.25, 0.3) is 0 Å². The van der Waals surface area contributed by atoms with Gasteiger partial charge in [0.1, 0.15) is 0 Å². The van der Waals surface area contributed by atoms with E-state index in [0.717, 1.165) is 37.1 Å². The van der Waals surface area contributed by atoms with Gasteiger partial charge in [-0.25, -0.2) is 0 Å². The van der Waals surface area contributed by atoms with Gasteiger partial charge in [0.2, 0.25) is 5.89 Å². The minimum Gasteiger partial charge on any atom is -0.415 e. The topological polar surface area (TPSA) is 59.2 Å². The minimum absolute atomic E-state index is 0.138. The zero-order chi connectivity index (χ0) is 17.9. The van der Waals surface area contributed by atoms with Crippen molar-refractivity contribution in [1.29, 1.82) is 0 Å². The molecule has 134 valence electrons. The van der Waals surface area contributed by atoms with E-state index in [9.17, 15) is 4.79 Å². The largest absolute Gasteiger partial charge is 0.415 e. The predicted octanol–water partition coefficient (Wildman–Crippen LogP) is 4.29. The molecule has 1 aliphatic rings. The molecule has 1 saturated heterocycles. The minimum atomic E-state index is -0.146. The van der Waals surface area contributed by atoms with Gasteiger partial charge < -0.3 is 9.32 Å². The molecular weight excluding hydrogens is 334 g/mol. The molecule has 1 aromatic carbocycles. The van der Waals surface area contributed by atoms with Gasteiger partial charge in [-0.15, -0.1) is 10.2 Å². The zero-order valence-electron chi connectivity index (χ0n) is 15.1. The molecule has 0 spiro atoms. The lowest BCUT2D eigenvalue weighted by molar-refractivity contribution is 0.0724. The summed E-state index contributed by atoms with van der Waals surface area (Å²) in [7, 11) is 0. The summed E-state index contributed by atoms with van der Waals surface area (Å²) >= 11 is 1.50. The van der Waals surface area contributed by atoms with Crippen LogP contribution in [0.1, 0.15) is 61.8 Å². The van der Waals surface area contributed by atoms with Gasteiger partial charge >= 0.3 is 0 Å². The highest BCUT2D eigenvalue weighted by Crippen LogP contribution is 2.27. The second kappa shape index (κ2) is 7.60. The fraction of sp³-hybridized carbons (Fsp3) is 0.526. The maximum atomic E-state index is 12.6. The van der Waals surface area contributed by atoms with Crippen molar-refractivity contribution in [3.63, 3.8) is 0 Å². The monoisotopic (exact) mass is 359 g/mol. The summed E-state index contributed by atoms with van der Waals surface area (Å²) in [6.07, 6.45) is 3.43. The van der Waals surface area contributed by atoms with Crippen LogP contribution in [0.15, 0.2) is 33.9 Å². The third-order valence-corrected chi connectivity index (χ3v) is 5.12. The van der Waals surface area contributed by atoms with Crippen LogP contribution in [-0.2, 0) is 11.2 Å². The van der Waals surface area contributed by atoms with Gasteiger partial charge in [-0.2, -0.15) is 0 Å². The second-order valence-electron chi connectivity index (χ2n) is 7.47. The van der Waals surface area contributed by atoms with Crippen LogP contribution in [-0.4, -0.2) is 34.1 Å². The van der Waals surface area contributed by atoms with Crippen molar-refractivity contribution in [2.45, 2.75) is 56.4 Å². The molecule has 0 unspecified atom stereocenters. The Kier molecular flexibility index (Phi) is 5.47.